The van der Waals surface area contributed by atoms with Gasteiger partial charge in [0.15, 0.2) is 6.10 Å². The number of hydrogen-bond acceptors (Lipinski definition) is 3. The van der Waals surface area contributed by atoms with E-state index < -0.39 is 0 Å². The highest BCUT2D eigenvalue weighted by Gasteiger charge is 2.49. The molecule has 1 aliphatic carbocycles. The number of nitrogens with zero attached hydrogens (tertiary/aromatic N) is 2. The summed E-state index contributed by atoms with van der Waals surface area (Å²) in [6.07, 6.45) is 4.38. The molecule has 60 valence electrons. The standard InChI is InChI=1S/C8H12N2O/c1-10-8(3-2-4-8)5-7(6-9)11-10/h7H,2-5H2,1H3. The van der Waals surface area contributed by atoms with Crippen LogP contribution in [0.15, 0.2) is 0 Å². The summed E-state index contributed by atoms with van der Waals surface area (Å²) in [5.74, 6) is 0. The van der Waals surface area contributed by atoms with E-state index in [1.807, 2.05) is 12.1 Å². The van der Waals surface area contributed by atoms with Crippen LogP contribution in [-0.4, -0.2) is 23.8 Å². The molecule has 0 radical (unpaired) electrons. The largest absolute Gasteiger partial charge is 0.280 e. The lowest BCUT2D eigenvalue weighted by Crippen LogP contribution is -2.46. The van der Waals surface area contributed by atoms with Gasteiger partial charge in [-0.3, -0.25) is 4.84 Å². The summed E-state index contributed by atoms with van der Waals surface area (Å²) in [5, 5.41) is 10.5. The molecule has 0 N–H and O–H groups in total. The summed E-state index contributed by atoms with van der Waals surface area (Å²) in [7, 11) is 1.94. The number of hydroxylamine groups is 2. The first-order valence-electron chi connectivity index (χ1n) is 4.07. The lowest BCUT2D eigenvalue weighted by molar-refractivity contribution is -0.175. The zero-order valence-corrected chi connectivity index (χ0v) is 6.71. The molecule has 1 spiro atoms. The van der Waals surface area contributed by atoms with Gasteiger partial charge >= 0.3 is 0 Å². The molecule has 1 saturated carbocycles. The van der Waals surface area contributed by atoms with E-state index in [9.17, 15) is 0 Å². The van der Waals surface area contributed by atoms with Crippen LogP contribution in [0.2, 0.25) is 0 Å². The number of hydrogen-bond donors (Lipinski definition) is 0. The van der Waals surface area contributed by atoms with Gasteiger partial charge in [0.05, 0.1) is 6.07 Å². The topological polar surface area (TPSA) is 36.3 Å². The summed E-state index contributed by atoms with van der Waals surface area (Å²) >= 11 is 0. The van der Waals surface area contributed by atoms with E-state index in [4.69, 9.17) is 10.1 Å². The molecule has 1 atom stereocenters. The van der Waals surface area contributed by atoms with Crippen LogP contribution in [0.5, 0.6) is 0 Å². The lowest BCUT2D eigenvalue weighted by Gasteiger charge is -2.41. The van der Waals surface area contributed by atoms with Crippen molar-refractivity contribution < 1.29 is 4.84 Å². The van der Waals surface area contributed by atoms with E-state index >= 15 is 0 Å². The van der Waals surface area contributed by atoms with Gasteiger partial charge in [-0.05, 0) is 19.3 Å². The Hall–Kier alpha value is -0.590. The highest BCUT2D eigenvalue weighted by Crippen LogP contribution is 2.45. The lowest BCUT2D eigenvalue weighted by atomic mass is 9.74. The fourth-order valence-electron chi connectivity index (χ4n) is 1.99. The predicted molar refractivity (Wildman–Crippen MR) is 39.4 cm³/mol. The van der Waals surface area contributed by atoms with Crippen LogP contribution in [0.1, 0.15) is 25.7 Å². The maximum atomic E-state index is 8.63. The van der Waals surface area contributed by atoms with Crippen molar-refractivity contribution >= 4 is 0 Å². The fraction of sp³-hybridized carbons (Fsp3) is 0.875. The van der Waals surface area contributed by atoms with E-state index in [-0.39, 0.29) is 11.6 Å². The third-order valence-corrected chi connectivity index (χ3v) is 2.95. The molecule has 2 aliphatic rings. The zero-order chi connectivity index (χ0) is 7.90. The Morgan fingerprint density at radius 3 is 2.64 bits per heavy atom. The van der Waals surface area contributed by atoms with E-state index in [1.54, 1.807) is 0 Å². The molecule has 0 bridgehead atoms. The van der Waals surface area contributed by atoms with Gasteiger partial charge in [-0.2, -0.15) is 10.3 Å². The Morgan fingerprint density at radius 2 is 2.36 bits per heavy atom. The van der Waals surface area contributed by atoms with Gasteiger partial charge in [0.2, 0.25) is 0 Å². The average Bonchev–Trinajstić information content (AvgIpc) is 2.25. The van der Waals surface area contributed by atoms with Gasteiger partial charge in [0.25, 0.3) is 0 Å². The first-order valence-corrected chi connectivity index (χ1v) is 4.07. The Balaban J connectivity index is 2.09. The molecule has 0 aromatic carbocycles. The van der Waals surface area contributed by atoms with Crippen molar-refractivity contribution in [3.8, 4) is 6.07 Å². The second kappa shape index (κ2) is 2.20. The Morgan fingerprint density at radius 1 is 1.64 bits per heavy atom. The minimum Gasteiger partial charge on any atom is -0.280 e. The highest BCUT2D eigenvalue weighted by molar-refractivity contribution is 5.04. The van der Waals surface area contributed by atoms with Crippen LogP contribution >= 0.6 is 0 Å². The van der Waals surface area contributed by atoms with Crippen molar-refractivity contribution in [2.45, 2.75) is 37.3 Å². The maximum absolute atomic E-state index is 8.63. The number of rotatable bonds is 0. The first kappa shape index (κ1) is 7.08. The third kappa shape index (κ3) is 0.867. The maximum Gasteiger partial charge on any atom is 0.167 e. The van der Waals surface area contributed by atoms with E-state index in [0.29, 0.717) is 0 Å². The Bertz CT molecular complexity index is 205. The summed E-state index contributed by atoms with van der Waals surface area (Å²) in [6, 6.07) is 2.15. The molecule has 1 heterocycles. The van der Waals surface area contributed by atoms with Crippen LogP contribution in [0, 0.1) is 11.3 Å². The predicted octanol–water partition coefficient (Wildman–Crippen LogP) is 1.07. The van der Waals surface area contributed by atoms with Crippen LogP contribution in [0.3, 0.4) is 0 Å². The van der Waals surface area contributed by atoms with Crippen LogP contribution in [0.4, 0.5) is 0 Å². The molecule has 1 saturated heterocycles. The van der Waals surface area contributed by atoms with Crippen molar-refractivity contribution in [1.82, 2.24) is 5.06 Å². The Labute approximate surface area is 66.5 Å². The summed E-state index contributed by atoms with van der Waals surface area (Å²) in [5.41, 5.74) is 0.237. The average molecular weight is 152 g/mol. The minimum atomic E-state index is -0.194. The first-order chi connectivity index (χ1) is 5.27. The molecule has 2 rings (SSSR count). The van der Waals surface area contributed by atoms with Crippen molar-refractivity contribution in [1.29, 1.82) is 5.26 Å². The van der Waals surface area contributed by atoms with Crippen molar-refractivity contribution in [2.75, 3.05) is 7.05 Å². The molecular weight excluding hydrogens is 140 g/mol. The van der Waals surface area contributed by atoms with Gasteiger partial charge in [0, 0.05) is 19.0 Å². The molecule has 3 heteroatoms. The van der Waals surface area contributed by atoms with Crippen LogP contribution in [0.25, 0.3) is 0 Å². The van der Waals surface area contributed by atoms with Gasteiger partial charge < -0.3 is 0 Å². The smallest absolute Gasteiger partial charge is 0.167 e. The SMILES string of the molecule is CN1OC(C#N)CC12CCC2. The highest BCUT2D eigenvalue weighted by atomic mass is 16.7. The van der Waals surface area contributed by atoms with Crippen molar-refractivity contribution in [2.24, 2.45) is 0 Å². The van der Waals surface area contributed by atoms with Gasteiger partial charge in [-0.25, -0.2) is 0 Å². The van der Waals surface area contributed by atoms with Gasteiger partial charge in [-0.15, -0.1) is 0 Å². The molecule has 0 aromatic rings. The van der Waals surface area contributed by atoms with Crippen LogP contribution in [-0.2, 0) is 4.84 Å². The molecule has 3 nitrogen and oxygen atoms in total. The molecule has 11 heavy (non-hydrogen) atoms. The zero-order valence-electron chi connectivity index (χ0n) is 6.71. The molecule has 2 fully saturated rings. The normalized spacial score (nSPS) is 35.1. The second-order valence-electron chi connectivity index (χ2n) is 3.50. The molecule has 1 aliphatic heterocycles. The number of nitriles is 1. The van der Waals surface area contributed by atoms with E-state index in [1.165, 1.54) is 19.3 Å². The van der Waals surface area contributed by atoms with Crippen LogP contribution < -0.4 is 0 Å². The fourth-order valence-corrected chi connectivity index (χ4v) is 1.99. The quantitative estimate of drug-likeness (QED) is 0.521. The van der Waals surface area contributed by atoms with E-state index in [2.05, 4.69) is 6.07 Å². The molecule has 0 aromatic heterocycles. The minimum absolute atomic E-state index is 0.194. The molecule has 1 unspecified atom stereocenters. The monoisotopic (exact) mass is 152 g/mol. The second-order valence-corrected chi connectivity index (χ2v) is 3.50. The molecular formula is C8H12N2O. The summed E-state index contributed by atoms with van der Waals surface area (Å²) < 4.78 is 0. The van der Waals surface area contributed by atoms with Crippen molar-refractivity contribution in [3.05, 3.63) is 0 Å². The van der Waals surface area contributed by atoms with Crippen molar-refractivity contribution in [3.63, 3.8) is 0 Å². The van der Waals surface area contributed by atoms with Gasteiger partial charge in [0.1, 0.15) is 0 Å². The molecule has 0 amide bonds. The van der Waals surface area contributed by atoms with Gasteiger partial charge in [-0.1, -0.05) is 0 Å². The third-order valence-electron chi connectivity index (χ3n) is 2.95. The summed E-state index contributed by atoms with van der Waals surface area (Å²) in [6.45, 7) is 0. The summed E-state index contributed by atoms with van der Waals surface area (Å²) in [4.78, 5) is 5.34. The van der Waals surface area contributed by atoms with E-state index in [0.717, 1.165) is 6.42 Å². The Kier molecular flexibility index (Phi) is 1.41.